The van der Waals surface area contributed by atoms with Crippen LogP contribution >= 0.6 is 32.9 Å². The van der Waals surface area contributed by atoms with E-state index in [9.17, 15) is 0 Å². The van der Waals surface area contributed by atoms with Crippen LogP contribution in [0.3, 0.4) is 0 Å². The largest absolute Gasteiger partial charge is 0.358 e. The summed E-state index contributed by atoms with van der Waals surface area (Å²) in [6.45, 7) is 2.11. The maximum absolute atomic E-state index is 5.14. The van der Waals surface area contributed by atoms with Crippen molar-refractivity contribution in [3.8, 4) is 0 Å². The molecule has 0 unspecified atom stereocenters. The molecule has 1 nitrogen and oxygen atoms in total. The Balaban J connectivity index is 2.07. The number of H-pyrrole nitrogens is 1. The average Bonchev–Trinajstić information content (AvgIpc) is 2.90. The third kappa shape index (κ3) is 2.19. The third-order valence-electron chi connectivity index (χ3n) is 2.84. The van der Waals surface area contributed by atoms with E-state index >= 15 is 0 Å². The van der Waals surface area contributed by atoms with Gasteiger partial charge in [0.2, 0.25) is 0 Å². The van der Waals surface area contributed by atoms with Crippen molar-refractivity contribution in [1.82, 2.24) is 4.98 Å². The third-order valence-corrected chi connectivity index (χ3v) is 5.70. The number of aromatic nitrogens is 1. The highest BCUT2D eigenvalue weighted by Crippen LogP contribution is 2.25. The highest BCUT2D eigenvalue weighted by atomic mass is 32.9. The summed E-state index contributed by atoms with van der Waals surface area (Å²) in [6, 6.07) is 10.4. The van der Waals surface area contributed by atoms with E-state index < -0.39 is 0 Å². The SMILES string of the molecule is Cc1[nH]c2ccccc2c1/C=C/c1cc(=S)ss1. The zero-order valence-corrected chi connectivity index (χ0v) is 12.2. The molecular formula is C14H11NS3. The van der Waals surface area contributed by atoms with Gasteiger partial charge in [0.15, 0.2) is 0 Å². The molecule has 0 atom stereocenters. The smallest absolute Gasteiger partial charge is 0.102 e. The number of para-hydroxylation sites is 1. The fourth-order valence-corrected chi connectivity index (χ4v) is 4.22. The molecule has 4 heteroatoms. The van der Waals surface area contributed by atoms with Gasteiger partial charge in [0.1, 0.15) is 3.82 Å². The lowest BCUT2D eigenvalue weighted by molar-refractivity contribution is 1.29. The molecule has 3 rings (SSSR count). The number of fused-ring (bicyclic) bond motifs is 1. The second-order valence-corrected chi connectivity index (χ2v) is 7.02. The van der Waals surface area contributed by atoms with E-state index in [0.29, 0.717) is 0 Å². The number of benzene rings is 1. The predicted octanol–water partition coefficient (Wildman–Crippen LogP) is 5.50. The molecule has 0 aliphatic carbocycles. The van der Waals surface area contributed by atoms with Crippen molar-refractivity contribution >= 4 is 56.0 Å². The summed E-state index contributed by atoms with van der Waals surface area (Å²) >= 11 is 5.14. The normalized spacial score (nSPS) is 11.6. The Bertz CT molecular complexity index is 774. The molecule has 0 fully saturated rings. The summed E-state index contributed by atoms with van der Waals surface area (Å²) in [5.74, 6) is 0. The van der Waals surface area contributed by atoms with Crippen LogP contribution in [0.5, 0.6) is 0 Å². The van der Waals surface area contributed by atoms with Gasteiger partial charge < -0.3 is 4.98 Å². The lowest BCUT2D eigenvalue weighted by atomic mass is 10.1. The highest BCUT2D eigenvalue weighted by molar-refractivity contribution is 7.79. The van der Waals surface area contributed by atoms with E-state index in [0.717, 1.165) is 3.82 Å². The summed E-state index contributed by atoms with van der Waals surface area (Å²) in [4.78, 5) is 4.62. The first-order valence-electron chi connectivity index (χ1n) is 5.59. The molecule has 0 aliphatic rings. The first-order chi connectivity index (χ1) is 8.74. The van der Waals surface area contributed by atoms with Crippen LogP contribution in [0.25, 0.3) is 23.1 Å². The molecule has 18 heavy (non-hydrogen) atoms. The second-order valence-electron chi connectivity index (χ2n) is 4.08. The average molecular weight is 289 g/mol. The molecule has 3 aromatic rings. The molecule has 0 radical (unpaired) electrons. The minimum Gasteiger partial charge on any atom is -0.358 e. The van der Waals surface area contributed by atoms with Crippen LogP contribution in [-0.4, -0.2) is 4.98 Å². The van der Waals surface area contributed by atoms with Crippen LogP contribution in [0.15, 0.2) is 30.3 Å². The van der Waals surface area contributed by atoms with Gasteiger partial charge >= 0.3 is 0 Å². The van der Waals surface area contributed by atoms with Crippen LogP contribution in [-0.2, 0) is 0 Å². The molecule has 0 spiro atoms. The lowest BCUT2D eigenvalue weighted by Crippen LogP contribution is -1.73. The fraction of sp³-hybridized carbons (Fsp3) is 0.0714. The maximum Gasteiger partial charge on any atom is 0.102 e. The van der Waals surface area contributed by atoms with Gasteiger partial charge in [-0.1, -0.05) is 57.2 Å². The van der Waals surface area contributed by atoms with Crippen molar-refractivity contribution < 1.29 is 0 Å². The molecule has 0 amide bonds. The minimum absolute atomic E-state index is 0.954. The number of nitrogens with one attached hydrogen (secondary N) is 1. The number of hydrogen-bond donors (Lipinski definition) is 1. The molecule has 0 aliphatic heterocycles. The minimum atomic E-state index is 0.954. The first-order valence-corrected chi connectivity index (χ1v) is 8.15. The van der Waals surface area contributed by atoms with E-state index in [-0.39, 0.29) is 0 Å². The number of aryl methyl sites for hydroxylation is 1. The zero-order valence-electron chi connectivity index (χ0n) is 9.77. The molecule has 0 saturated carbocycles. The van der Waals surface area contributed by atoms with Crippen molar-refractivity contribution in [3.63, 3.8) is 0 Å². The predicted molar refractivity (Wildman–Crippen MR) is 85.0 cm³/mol. The second kappa shape index (κ2) is 4.80. The van der Waals surface area contributed by atoms with E-state index in [1.807, 2.05) is 6.07 Å². The standard InChI is InChI=1S/C14H11NS3/c1-9-11(7-6-10-8-14(16)18-17-10)12-4-2-3-5-13(12)15-9/h2-8,15H,1H3/b7-6+. The summed E-state index contributed by atoms with van der Waals surface area (Å²) in [7, 11) is 3.37. The molecule has 2 aromatic heterocycles. The van der Waals surface area contributed by atoms with Gasteiger partial charge in [0.05, 0.1) is 0 Å². The maximum atomic E-state index is 5.14. The molecule has 90 valence electrons. The van der Waals surface area contributed by atoms with Gasteiger partial charge in [-0.05, 0) is 25.1 Å². The summed E-state index contributed by atoms with van der Waals surface area (Å²) < 4.78 is 0.954. The summed E-state index contributed by atoms with van der Waals surface area (Å²) in [6.07, 6.45) is 4.31. The molecule has 1 N–H and O–H groups in total. The van der Waals surface area contributed by atoms with Gasteiger partial charge in [0.25, 0.3) is 0 Å². The van der Waals surface area contributed by atoms with Crippen molar-refractivity contribution in [2.45, 2.75) is 6.92 Å². The van der Waals surface area contributed by atoms with Gasteiger partial charge in [-0.3, -0.25) is 0 Å². The van der Waals surface area contributed by atoms with Crippen LogP contribution in [0.4, 0.5) is 0 Å². The van der Waals surface area contributed by atoms with Crippen LogP contribution in [0, 0.1) is 10.7 Å². The van der Waals surface area contributed by atoms with Gasteiger partial charge in [-0.2, -0.15) is 0 Å². The topological polar surface area (TPSA) is 15.8 Å². The summed E-state index contributed by atoms with van der Waals surface area (Å²) in [5.41, 5.74) is 3.65. The van der Waals surface area contributed by atoms with Crippen LogP contribution in [0.2, 0.25) is 0 Å². The van der Waals surface area contributed by atoms with Crippen molar-refractivity contribution in [2.75, 3.05) is 0 Å². The highest BCUT2D eigenvalue weighted by Gasteiger charge is 2.04. The van der Waals surface area contributed by atoms with E-state index in [1.54, 1.807) is 20.7 Å². The Morgan fingerprint density at radius 2 is 2.00 bits per heavy atom. The fourth-order valence-electron chi connectivity index (χ4n) is 2.01. The Kier molecular flexibility index (Phi) is 3.16. The van der Waals surface area contributed by atoms with E-state index in [2.05, 4.69) is 48.3 Å². The Morgan fingerprint density at radius 3 is 2.78 bits per heavy atom. The van der Waals surface area contributed by atoms with Gasteiger partial charge in [0, 0.05) is 27.0 Å². The molecule has 2 heterocycles. The van der Waals surface area contributed by atoms with E-state index in [4.69, 9.17) is 12.2 Å². The Labute approximate surface area is 118 Å². The number of aromatic amines is 1. The molecule has 1 aromatic carbocycles. The molecular weight excluding hydrogens is 278 g/mol. The Hall–Kier alpha value is -1.23. The monoisotopic (exact) mass is 289 g/mol. The molecule has 0 bridgehead atoms. The van der Waals surface area contributed by atoms with E-state index in [1.165, 1.54) is 27.0 Å². The quantitative estimate of drug-likeness (QED) is 0.486. The zero-order chi connectivity index (χ0) is 12.5. The number of hydrogen-bond acceptors (Lipinski definition) is 3. The van der Waals surface area contributed by atoms with Gasteiger partial charge in [-0.25, -0.2) is 0 Å². The van der Waals surface area contributed by atoms with Gasteiger partial charge in [-0.15, -0.1) is 0 Å². The van der Waals surface area contributed by atoms with Crippen molar-refractivity contribution in [3.05, 3.63) is 50.3 Å². The van der Waals surface area contributed by atoms with Crippen LogP contribution < -0.4 is 0 Å². The van der Waals surface area contributed by atoms with Crippen LogP contribution in [0.1, 0.15) is 16.1 Å². The summed E-state index contributed by atoms with van der Waals surface area (Å²) in [5, 5.41) is 1.27. The van der Waals surface area contributed by atoms with Crippen molar-refractivity contribution in [2.24, 2.45) is 0 Å². The number of rotatable bonds is 2. The molecule has 0 saturated heterocycles. The first kappa shape index (κ1) is 11.8. The Morgan fingerprint density at radius 1 is 1.17 bits per heavy atom. The lowest BCUT2D eigenvalue weighted by Gasteiger charge is -1.92. The van der Waals surface area contributed by atoms with Crippen molar-refractivity contribution in [1.29, 1.82) is 0 Å².